The predicted molar refractivity (Wildman–Crippen MR) is 91.6 cm³/mol. The minimum atomic E-state index is 0. The van der Waals surface area contributed by atoms with Crippen LogP contribution in [0.2, 0.25) is 0 Å². The molecule has 109 valence electrons. The van der Waals surface area contributed by atoms with Crippen LogP contribution < -0.4 is 0 Å². The van der Waals surface area contributed by atoms with Crippen LogP contribution in [0.25, 0.3) is 11.1 Å². The van der Waals surface area contributed by atoms with Gasteiger partial charge in [-0.1, -0.05) is 48.5 Å². The molecule has 3 aromatic carbocycles. The molecule has 3 rings (SSSR count). The molecular formula is C18H14N2NaO2. The molecule has 4 nitrogen and oxygen atoms in total. The second kappa shape index (κ2) is 7.92. The molecule has 0 amide bonds. The smallest absolute Gasteiger partial charge is 0.143 e. The number of hydrogen-bond acceptors (Lipinski definition) is 4. The Morgan fingerprint density at radius 3 is 1.91 bits per heavy atom. The standard InChI is InChI=1S/C18H14N2O2.Na/c21-17-9-5-4-8-15(17)19-20-16-12-14(10-11-18(16)22)13-6-2-1-3-7-13;/h1-12,21-22H;. The van der Waals surface area contributed by atoms with E-state index in [1.54, 1.807) is 30.3 Å². The van der Waals surface area contributed by atoms with Gasteiger partial charge in [-0.25, -0.2) is 0 Å². The van der Waals surface area contributed by atoms with E-state index in [1.165, 1.54) is 6.07 Å². The zero-order chi connectivity index (χ0) is 15.4. The van der Waals surface area contributed by atoms with E-state index in [0.717, 1.165) is 11.1 Å². The average molecular weight is 313 g/mol. The molecule has 0 atom stereocenters. The minimum absolute atomic E-state index is 0. The minimum Gasteiger partial charge on any atom is -0.506 e. The fraction of sp³-hybridized carbons (Fsp3) is 0. The van der Waals surface area contributed by atoms with Crippen LogP contribution >= 0.6 is 0 Å². The summed E-state index contributed by atoms with van der Waals surface area (Å²) in [4.78, 5) is 0. The Balaban J connectivity index is 0.00000192. The number of nitrogens with zero attached hydrogens (tertiary/aromatic N) is 2. The summed E-state index contributed by atoms with van der Waals surface area (Å²) in [6.45, 7) is 0. The number of hydrogen-bond donors (Lipinski definition) is 2. The summed E-state index contributed by atoms with van der Waals surface area (Å²) in [7, 11) is 0. The van der Waals surface area contributed by atoms with Gasteiger partial charge >= 0.3 is 0 Å². The molecule has 0 spiro atoms. The van der Waals surface area contributed by atoms with Crippen molar-refractivity contribution in [1.29, 1.82) is 0 Å². The Kier molecular flexibility index (Phi) is 5.93. The molecular weight excluding hydrogens is 299 g/mol. The molecule has 0 aliphatic rings. The number of para-hydroxylation sites is 1. The first kappa shape index (κ1) is 17.2. The zero-order valence-electron chi connectivity index (χ0n) is 12.7. The Labute approximate surface area is 156 Å². The van der Waals surface area contributed by atoms with Crippen LogP contribution in [0.3, 0.4) is 0 Å². The molecule has 5 heteroatoms. The van der Waals surface area contributed by atoms with Gasteiger partial charge in [0, 0.05) is 29.6 Å². The van der Waals surface area contributed by atoms with Gasteiger partial charge in [-0.05, 0) is 35.4 Å². The van der Waals surface area contributed by atoms with Crippen LogP contribution in [0.1, 0.15) is 0 Å². The maximum atomic E-state index is 9.91. The van der Waals surface area contributed by atoms with Crippen molar-refractivity contribution < 1.29 is 10.2 Å². The first-order valence-corrected chi connectivity index (χ1v) is 6.82. The number of phenolic OH excluding ortho intramolecular Hbond substituents is 2. The first-order chi connectivity index (χ1) is 10.7. The van der Waals surface area contributed by atoms with Crippen molar-refractivity contribution in [2.75, 3.05) is 0 Å². The summed E-state index contributed by atoms with van der Waals surface area (Å²) in [6.07, 6.45) is 0. The third kappa shape index (κ3) is 4.20. The van der Waals surface area contributed by atoms with Gasteiger partial charge in [0.15, 0.2) is 0 Å². The number of phenols is 2. The summed E-state index contributed by atoms with van der Waals surface area (Å²) in [6, 6.07) is 21.6. The topological polar surface area (TPSA) is 65.2 Å². The molecule has 0 saturated heterocycles. The Bertz CT molecular complexity index is 820. The van der Waals surface area contributed by atoms with Crippen LogP contribution in [0.15, 0.2) is 83.0 Å². The number of azo groups is 1. The Morgan fingerprint density at radius 2 is 1.17 bits per heavy atom. The van der Waals surface area contributed by atoms with Crippen LogP contribution in [0.4, 0.5) is 11.4 Å². The molecule has 0 aliphatic carbocycles. The SMILES string of the molecule is Oc1ccccc1N=Nc1cc(-c2ccccc2)ccc1O.[Na]. The molecule has 0 bridgehead atoms. The molecule has 0 unspecified atom stereocenters. The maximum absolute atomic E-state index is 9.91. The average Bonchev–Trinajstić information content (AvgIpc) is 2.56. The van der Waals surface area contributed by atoms with E-state index < -0.39 is 0 Å². The van der Waals surface area contributed by atoms with E-state index in [4.69, 9.17) is 0 Å². The van der Waals surface area contributed by atoms with Crippen LogP contribution in [0.5, 0.6) is 11.5 Å². The zero-order valence-corrected chi connectivity index (χ0v) is 14.7. The van der Waals surface area contributed by atoms with Crippen LogP contribution in [-0.2, 0) is 0 Å². The summed E-state index contributed by atoms with van der Waals surface area (Å²) >= 11 is 0. The molecule has 23 heavy (non-hydrogen) atoms. The van der Waals surface area contributed by atoms with E-state index >= 15 is 0 Å². The second-order valence-corrected chi connectivity index (χ2v) is 4.76. The summed E-state index contributed by atoms with van der Waals surface area (Å²) in [5.41, 5.74) is 2.67. The van der Waals surface area contributed by atoms with Gasteiger partial charge in [-0.15, -0.1) is 10.2 Å². The largest absolute Gasteiger partial charge is 0.506 e. The van der Waals surface area contributed by atoms with Crippen molar-refractivity contribution in [3.63, 3.8) is 0 Å². The van der Waals surface area contributed by atoms with Crippen LogP contribution in [-0.4, -0.2) is 39.8 Å². The molecule has 0 aromatic heterocycles. The van der Waals surface area contributed by atoms with Gasteiger partial charge in [0.1, 0.15) is 22.9 Å². The Hall–Kier alpha value is -2.14. The fourth-order valence-corrected chi connectivity index (χ4v) is 2.07. The molecule has 0 heterocycles. The van der Waals surface area contributed by atoms with Crippen molar-refractivity contribution >= 4 is 40.9 Å². The van der Waals surface area contributed by atoms with Crippen molar-refractivity contribution in [3.8, 4) is 22.6 Å². The van der Waals surface area contributed by atoms with Gasteiger partial charge in [0.2, 0.25) is 0 Å². The Morgan fingerprint density at radius 1 is 0.565 bits per heavy atom. The summed E-state index contributed by atoms with van der Waals surface area (Å²) in [5, 5.41) is 27.6. The molecule has 0 aliphatic heterocycles. The van der Waals surface area contributed by atoms with Gasteiger partial charge in [-0.2, -0.15) is 0 Å². The second-order valence-electron chi connectivity index (χ2n) is 4.76. The first-order valence-electron chi connectivity index (χ1n) is 6.82. The maximum Gasteiger partial charge on any atom is 0.143 e. The number of rotatable bonds is 3. The quantitative estimate of drug-likeness (QED) is 0.539. The molecule has 2 N–H and O–H groups in total. The van der Waals surface area contributed by atoms with Crippen LogP contribution in [0, 0.1) is 0 Å². The number of benzene rings is 3. The van der Waals surface area contributed by atoms with E-state index in [1.807, 2.05) is 36.4 Å². The van der Waals surface area contributed by atoms with Crippen molar-refractivity contribution in [1.82, 2.24) is 0 Å². The normalized spacial score (nSPS) is 10.4. The molecule has 0 fully saturated rings. The van der Waals surface area contributed by atoms with Crippen molar-refractivity contribution in [2.45, 2.75) is 0 Å². The van der Waals surface area contributed by atoms with Gasteiger partial charge < -0.3 is 10.2 Å². The fourth-order valence-electron chi connectivity index (χ4n) is 2.07. The third-order valence-corrected chi connectivity index (χ3v) is 3.23. The van der Waals surface area contributed by atoms with Gasteiger partial charge in [0.25, 0.3) is 0 Å². The van der Waals surface area contributed by atoms with E-state index in [9.17, 15) is 10.2 Å². The van der Waals surface area contributed by atoms with E-state index in [-0.39, 0.29) is 41.1 Å². The predicted octanol–water partition coefficient (Wildman–Crippen LogP) is 4.80. The van der Waals surface area contributed by atoms with Crippen molar-refractivity contribution in [2.24, 2.45) is 10.2 Å². The van der Waals surface area contributed by atoms with Crippen molar-refractivity contribution in [3.05, 3.63) is 72.8 Å². The molecule has 1 radical (unpaired) electrons. The van der Waals surface area contributed by atoms with Gasteiger partial charge in [-0.3, -0.25) is 0 Å². The number of aromatic hydroxyl groups is 2. The summed E-state index contributed by atoms with van der Waals surface area (Å²) < 4.78 is 0. The van der Waals surface area contributed by atoms with E-state index in [2.05, 4.69) is 10.2 Å². The summed E-state index contributed by atoms with van der Waals surface area (Å²) in [5.74, 6) is 0.0869. The molecule has 3 aromatic rings. The van der Waals surface area contributed by atoms with Gasteiger partial charge in [0.05, 0.1) is 0 Å². The monoisotopic (exact) mass is 313 g/mol. The molecule has 0 saturated carbocycles. The third-order valence-electron chi connectivity index (χ3n) is 3.23. The van der Waals surface area contributed by atoms with E-state index in [0.29, 0.717) is 11.4 Å².